The Balaban J connectivity index is 0.817. The number of amides is 9. The van der Waals surface area contributed by atoms with E-state index < -0.39 is 157 Å². The number of ether oxygens (including phenoxy) is 4. The van der Waals surface area contributed by atoms with E-state index in [9.17, 15) is 62.6 Å². The number of carbonyl (C=O) groups excluding carboxylic acids is 11. The number of imide groups is 1. The smallest absolute Gasteiger partial charge is 0.410 e. The van der Waals surface area contributed by atoms with Crippen LogP contribution in [-0.2, 0) is 98.5 Å². The van der Waals surface area contributed by atoms with Crippen molar-refractivity contribution in [1.29, 1.82) is 0 Å². The molecule has 5 atom stereocenters. The second kappa shape index (κ2) is 27.4. The Hall–Kier alpha value is -9.44. The van der Waals surface area contributed by atoms with Gasteiger partial charge in [0.05, 0.1) is 61.2 Å². The minimum Gasteiger partial charge on any atom is -0.459 e. The number of cyclic esters (lactones) is 1. The first-order valence-electron chi connectivity index (χ1n) is 30.7. The number of nitrogens with zero attached hydrogens (tertiary/aromatic N) is 5. The van der Waals surface area contributed by atoms with E-state index in [1.54, 1.807) is 104 Å². The fraction of sp³-hybridized carbons (Fsp3) is 0.492. The Morgan fingerprint density at radius 2 is 1.47 bits per heavy atom. The number of aromatic nitrogens is 2. The van der Waals surface area contributed by atoms with Gasteiger partial charge in [-0.1, -0.05) is 50.1 Å². The second-order valence-corrected chi connectivity index (χ2v) is 25.8. The Labute approximate surface area is 534 Å². The lowest BCUT2D eigenvalue weighted by atomic mass is 9.81. The summed E-state index contributed by atoms with van der Waals surface area (Å²) >= 11 is 0. The largest absolute Gasteiger partial charge is 0.459 e. The van der Waals surface area contributed by atoms with Gasteiger partial charge in [0, 0.05) is 48.2 Å². The zero-order valence-electron chi connectivity index (χ0n) is 53.3. The van der Waals surface area contributed by atoms with Gasteiger partial charge in [0.15, 0.2) is 5.60 Å². The first-order valence-corrected chi connectivity index (χ1v) is 30.7. The number of likely N-dealkylation sites (N-methyl/N-ethyl adjacent to an activating group) is 1. The van der Waals surface area contributed by atoms with Crippen LogP contribution in [0.25, 0.3) is 22.3 Å². The van der Waals surface area contributed by atoms with Gasteiger partial charge in [-0.25, -0.2) is 19.0 Å². The summed E-state index contributed by atoms with van der Waals surface area (Å²) in [6, 6.07) is 7.78. The molecule has 1 saturated carbocycles. The van der Waals surface area contributed by atoms with Crippen molar-refractivity contribution in [3.05, 3.63) is 110 Å². The van der Waals surface area contributed by atoms with E-state index in [4.69, 9.17) is 23.9 Å². The molecule has 3 aliphatic heterocycles. The number of halogens is 1. The molecule has 2 aromatic heterocycles. The van der Waals surface area contributed by atoms with Crippen LogP contribution in [0.5, 0.6) is 0 Å². The molecule has 9 rings (SSSR count). The average molecular weight is 1290 g/mol. The van der Waals surface area contributed by atoms with Crippen molar-refractivity contribution in [2.45, 2.75) is 155 Å². The molecular formula is C65H77FN10O17. The lowest BCUT2D eigenvalue weighted by Gasteiger charge is -2.36. The number of aliphatic hydroxyl groups is 1. The van der Waals surface area contributed by atoms with Gasteiger partial charge in [0.1, 0.15) is 55.1 Å². The highest BCUT2D eigenvalue weighted by atomic mass is 19.1. The number of fused-ring (bicyclic) bond motifs is 5. The van der Waals surface area contributed by atoms with Crippen LogP contribution in [0.4, 0.5) is 9.18 Å². The summed E-state index contributed by atoms with van der Waals surface area (Å²) in [4.78, 5) is 169. The van der Waals surface area contributed by atoms with Crippen LogP contribution in [0.1, 0.15) is 126 Å². The van der Waals surface area contributed by atoms with Crippen LogP contribution < -0.4 is 32.1 Å². The molecule has 0 radical (unpaired) electrons. The monoisotopic (exact) mass is 1290 g/mol. The molecule has 6 N–H and O–H groups in total. The van der Waals surface area contributed by atoms with Crippen LogP contribution >= 0.6 is 0 Å². The highest BCUT2D eigenvalue weighted by Crippen LogP contribution is 2.48. The number of hydrogen-bond acceptors (Lipinski definition) is 18. The molecule has 2 aliphatic carbocycles. The molecule has 2 aromatic carbocycles. The van der Waals surface area contributed by atoms with Gasteiger partial charge >= 0.3 is 18.0 Å². The molecule has 0 bridgehead atoms. The second-order valence-electron chi connectivity index (χ2n) is 25.8. The third-order valence-electron chi connectivity index (χ3n) is 16.7. The van der Waals surface area contributed by atoms with Crippen molar-refractivity contribution in [3.63, 3.8) is 0 Å². The first-order chi connectivity index (χ1) is 43.9. The number of benzene rings is 2. The van der Waals surface area contributed by atoms with Crippen molar-refractivity contribution >= 4 is 76.2 Å². The molecule has 5 heterocycles. The molecule has 93 heavy (non-hydrogen) atoms. The zero-order chi connectivity index (χ0) is 67.6. The number of hydrogen-bond donors (Lipinski definition) is 6. The molecule has 5 aliphatic rings. The fourth-order valence-corrected chi connectivity index (χ4v) is 11.9. The Morgan fingerprint density at radius 3 is 2.12 bits per heavy atom. The summed E-state index contributed by atoms with van der Waals surface area (Å²) in [6.45, 7) is 8.37. The standard InChI is InChI=1S/C65H77FN10O17/c1-10-65(89)40-24-45-56-38(29-75(45)59(85)39(40)32-90-61(65)87)55-44(19-18-37-34(2)41(66)25-42(72-56)54(37)55)73(9)60(86)47(23-36-16-17-36)91-33-70-49(78)27-68-57(83)43(22-35-14-12-11-13-15-35)71-50(79)28-67-48(77)26-69-58(84)46(76-51(80)20-21-52(76)81)30-74(62(88)93-64(6,7)8)31-53(82)92-63(3,4)5/h11-15,20-21,24-25,36,43-44,46-47,89H,10,16-19,22-23,26-33H2,1-9H3,(H,67,77)(H,68,83)(H,69,84)(H,70,78)(H,71,79)/t43-,44-,46-,47+,65-/m0/s1. The minimum absolute atomic E-state index is 0.0357. The molecule has 28 heteroatoms. The van der Waals surface area contributed by atoms with Crippen LogP contribution in [0.2, 0.25) is 0 Å². The van der Waals surface area contributed by atoms with Crippen molar-refractivity contribution in [1.82, 2.24) is 50.8 Å². The van der Waals surface area contributed by atoms with E-state index in [0.717, 1.165) is 35.5 Å². The average Bonchev–Trinajstić information content (AvgIpc) is 1.64. The molecule has 1 fully saturated rings. The van der Waals surface area contributed by atoms with Gasteiger partial charge in [-0.15, -0.1) is 0 Å². The molecule has 496 valence electrons. The zero-order valence-corrected chi connectivity index (χ0v) is 53.3. The van der Waals surface area contributed by atoms with Gasteiger partial charge in [0.2, 0.25) is 29.5 Å². The van der Waals surface area contributed by atoms with Crippen molar-refractivity contribution < 1.29 is 81.2 Å². The summed E-state index contributed by atoms with van der Waals surface area (Å²) in [6.07, 6.45) is 2.35. The van der Waals surface area contributed by atoms with Crippen LogP contribution in [0, 0.1) is 18.7 Å². The summed E-state index contributed by atoms with van der Waals surface area (Å²) in [7, 11) is 1.64. The lowest BCUT2D eigenvalue weighted by molar-refractivity contribution is -0.172. The number of nitrogens with one attached hydrogen (secondary N) is 5. The normalized spacial score (nSPS) is 18.0. The van der Waals surface area contributed by atoms with Crippen LogP contribution in [0.3, 0.4) is 0 Å². The summed E-state index contributed by atoms with van der Waals surface area (Å²) in [5.74, 6) is -8.70. The maximum Gasteiger partial charge on any atom is 0.410 e. The van der Waals surface area contributed by atoms with Crippen molar-refractivity contribution in [3.8, 4) is 11.4 Å². The number of carbonyl (C=O) groups is 11. The number of pyridine rings is 2. The summed E-state index contributed by atoms with van der Waals surface area (Å²) in [5, 5.41) is 24.5. The Morgan fingerprint density at radius 1 is 0.828 bits per heavy atom. The van der Waals surface area contributed by atoms with Crippen molar-refractivity contribution in [2.24, 2.45) is 5.92 Å². The number of rotatable bonds is 24. The van der Waals surface area contributed by atoms with Gasteiger partial charge in [0.25, 0.3) is 23.3 Å². The lowest BCUT2D eigenvalue weighted by Crippen LogP contribution is -2.57. The van der Waals surface area contributed by atoms with E-state index >= 15 is 4.39 Å². The van der Waals surface area contributed by atoms with E-state index in [1.807, 2.05) is 0 Å². The summed E-state index contributed by atoms with van der Waals surface area (Å²) in [5.41, 5.74) is -0.304. The minimum atomic E-state index is -2.08. The number of aryl methyl sites for hydroxylation is 1. The Kier molecular flexibility index (Phi) is 20.0. The molecule has 0 unspecified atom stereocenters. The van der Waals surface area contributed by atoms with Crippen LogP contribution in [-0.4, -0.2) is 171 Å². The molecule has 4 aromatic rings. The van der Waals surface area contributed by atoms with E-state index in [-0.39, 0.29) is 43.0 Å². The maximum absolute atomic E-state index is 15.7. The van der Waals surface area contributed by atoms with Crippen LogP contribution in [0.15, 0.2) is 59.4 Å². The topological polar surface area (TPSA) is 350 Å². The summed E-state index contributed by atoms with van der Waals surface area (Å²) < 4.78 is 39.4. The number of esters is 2. The molecule has 27 nitrogen and oxygen atoms in total. The third kappa shape index (κ3) is 15.4. The highest BCUT2D eigenvalue weighted by Gasteiger charge is 2.47. The first kappa shape index (κ1) is 67.9. The highest BCUT2D eigenvalue weighted by molar-refractivity contribution is 6.15. The quantitative estimate of drug-likeness (QED) is 0.0223. The van der Waals surface area contributed by atoms with E-state index in [2.05, 4.69) is 26.6 Å². The van der Waals surface area contributed by atoms with E-state index in [0.29, 0.717) is 68.7 Å². The van der Waals surface area contributed by atoms with Gasteiger partial charge in [-0.2, -0.15) is 0 Å². The molecule has 9 amide bonds. The molecule has 0 saturated heterocycles. The predicted octanol–water partition coefficient (Wildman–Crippen LogP) is 2.18. The maximum atomic E-state index is 15.7. The third-order valence-corrected chi connectivity index (χ3v) is 16.7. The van der Waals surface area contributed by atoms with E-state index in [1.165, 1.54) is 10.6 Å². The van der Waals surface area contributed by atoms with Gasteiger partial charge in [-0.05, 0) is 108 Å². The SMILES string of the molecule is CC[C@@]1(O)C(=O)OCc2c1cc1n(c2=O)Cc2c-1nc1cc(F)c(C)c3c1c2[C@@H](N(C)C(=O)[C@@H](CC1CC1)OCNC(=O)CNC(=O)[C@H](Cc1ccccc1)NC(=O)CNC(=O)CNC(=O)[C@H](CN(CC(=O)OC(C)(C)C)C(=O)OC(C)(C)C)N1C(=O)C=CC1=O)CC3. The fourth-order valence-electron chi connectivity index (χ4n) is 11.9. The predicted molar refractivity (Wildman–Crippen MR) is 328 cm³/mol. The Bertz CT molecular complexity index is 3800. The molecule has 0 spiro atoms. The molecular weight excluding hydrogens is 1210 g/mol. The van der Waals surface area contributed by atoms with Gasteiger partial charge < -0.3 is 60.1 Å². The van der Waals surface area contributed by atoms with Crippen molar-refractivity contribution in [2.75, 3.05) is 46.5 Å². The van der Waals surface area contributed by atoms with Gasteiger partial charge in [-0.3, -0.25) is 57.7 Å².